The number of para-hydroxylation sites is 1. The maximum atomic E-state index is 12.8. The van der Waals surface area contributed by atoms with Crippen LogP contribution in [0.5, 0.6) is 5.75 Å². The van der Waals surface area contributed by atoms with Crippen LogP contribution in [0, 0.1) is 6.92 Å². The minimum absolute atomic E-state index is 0. The molecule has 2 N–H and O–H groups in total. The van der Waals surface area contributed by atoms with Crippen LogP contribution in [-0.4, -0.2) is 53.2 Å². The highest BCUT2D eigenvalue weighted by Crippen LogP contribution is 2.28. The van der Waals surface area contributed by atoms with E-state index in [-0.39, 0.29) is 36.9 Å². The van der Waals surface area contributed by atoms with Crippen LogP contribution in [0.2, 0.25) is 0 Å². The van der Waals surface area contributed by atoms with E-state index in [0.29, 0.717) is 30.6 Å². The Morgan fingerprint density at radius 3 is 2.97 bits per heavy atom. The van der Waals surface area contributed by atoms with Gasteiger partial charge in [-0.15, -0.1) is 24.8 Å². The van der Waals surface area contributed by atoms with E-state index in [1.165, 1.54) is 11.3 Å². The Hall–Kier alpha value is -2.13. The number of rotatable bonds is 4. The van der Waals surface area contributed by atoms with Crippen molar-refractivity contribution in [2.75, 3.05) is 31.6 Å². The molecule has 4 rings (SSSR count). The number of hydrogen-bond donors (Lipinski definition) is 2. The van der Waals surface area contributed by atoms with E-state index in [2.05, 4.69) is 20.6 Å². The van der Waals surface area contributed by atoms with Crippen LogP contribution in [0.3, 0.4) is 0 Å². The highest BCUT2D eigenvalue weighted by molar-refractivity contribution is 7.22. The van der Waals surface area contributed by atoms with E-state index < -0.39 is 0 Å². The predicted octanol–water partition coefficient (Wildman–Crippen LogP) is 3.73. The van der Waals surface area contributed by atoms with E-state index in [1.807, 2.05) is 42.2 Å². The molecule has 0 radical (unpaired) electrons. The van der Waals surface area contributed by atoms with Gasteiger partial charge in [0.05, 0.1) is 22.5 Å². The summed E-state index contributed by atoms with van der Waals surface area (Å²) in [5, 5.41) is 6.89. The number of piperazine rings is 1. The van der Waals surface area contributed by atoms with Gasteiger partial charge in [-0.2, -0.15) is 0 Å². The third kappa shape index (κ3) is 5.48. The molecular formula is C19H23Cl2N5O2S. The molecule has 29 heavy (non-hydrogen) atoms. The molecule has 1 aromatic carbocycles. The van der Waals surface area contributed by atoms with Crippen LogP contribution in [-0.2, 0) is 0 Å². The van der Waals surface area contributed by atoms with Crippen molar-refractivity contribution in [3.05, 3.63) is 48.3 Å². The van der Waals surface area contributed by atoms with Crippen LogP contribution < -0.4 is 15.4 Å². The Bertz CT molecular complexity index is 941. The van der Waals surface area contributed by atoms with E-state index >= 15 is 0 Å². The van der Waals surface area contributed by atoms with Crippen molar-refractivity contribution in [1.82, 2.24) is 20.2 Å². The van der Waals surface area contributed by atoms with Crippen molar-refractivity contribution >= 4 is 57.5 Å². The summed E-state index contributed by atoms with van der Waals surface area (Å²) >= 11 is 1.49. The lowest BCUT2D eigenvalue weighted by Crippen LogP contribution is -2.57. The summed E-state index contributed by atoms with van der Waals surface area (Å²) in [4.78, 5) is 23.3. The summed E-state index contributed by atoms with van der Waals surface area (Å²) in [6.45, 7) is 4.50. The van der Waals surface area contributed by atoms with Crippen LogP contribution >= 0.6 is 36.2 Å². The van der Waals surface area contributed by atoms with Gasteiger partial charge in [-0.25, -0.2) is 9.78 Å². The summed E-state index contributed by atoms with van der Waals surface area (Å²) in [5.41, 5.74) is 2.05. The first-order valence-electron chi connectivity index (χ1n) is 8.88. The molecule has 1 atom stereocenters. The molecule has 1 fully saturated rings. The van der Waals surface area contributed by atoms with Crippen molar-refractivity contribution in [2.24, 2.45) is 0 Å². The molecule has 2 aromatic heterocycles. The van der Waals surface area contributed by atoms with Gasteiger partial charge in [-0.1, -0.05) is 23.5 Å². The standard InChI is InChI=1S/C19H21N5O2S.2ClH/c1-13-4-2-6-16-17(13)22-18(27-16)23-19(25)24-9-8-21-10-14(24)12-26-15-5-3-7-20-11-15;;/h2-7,11,14,21H,8-10,12H2,1H3,(H,22,23,25);2*1H. The van der Waals surface area contributed by atoms with Crippen molar-refractivity contribution in [3.63, 3.8) is 0 Å². The molecule has 1 aliphatic heterocycles. The molecule has 1 unspecified atom stereocenters. The number of ether oxygens (including phenoxy) is 1. The summed E-state index contributed by atoms with van der Waals surface area (Å²) in [7, 11) is 0. The minimum atomic E-state index is -0.145. The number of benzene rings is 1. The SMILES string of the molecule is Cc1cccc2sc(NC(=O)N3CCNCC3COc3cccnc3)nc12.Cl.Cl. The summed E-state index contributed by atoms with van der Waals surface area (Å²) in [6, 6.07) is 9.53. The minimum Gasteiger partial charge on any atom is -0.490 e. The van der Waals surface area contributed by atoms with Gasteiger partial charge in [0, 0.05) is 25.8 Å². The number of amides is 2. The van der Waals surface area contributed by atoms with E-state index in [4.69, 9.17) is 4.74 Å². The zero-order chi connectivity index (χ0) is 18.6. The van der Waals surface area contributed by atoms with Crippen LogP contribution in [0.4, 0.5) is 9.93 Å². The highest BCUT2D eigenvalue weighted by Gasteiger charge is 2.28. The normalized spacial score (nSPS) is 15.9. The quantitative estimate of drug-likeness (QED) is 0.626. The third-order valence-corrected chi connectivity index (χ3v) is 5.46. The predicted molar refractivity (Wildman–Crippen MR) is 121 cm³/mol. The summed E-state index contributed by atoms with van der Waals surface area (Å²) < 4.78 is 6.87. The van der Waals surface area contributed by atoms with E-state index in [9.17, 15) is 4.79 Å². The number of carbonyl (C=O) groups excluding carboxylic acids is 1. The van der Waals surface area contributed by atoms with E-state index in [0.717, 1.165) is 22.3 Å². The fourth-order valence-electron chi connectivity index (χ4n) is 3.11. The second-order valence-corrected chi connectivity index (χ2v) is 7.45. The lowest BCUT2D eigenvalue weighted by Gasteiger charge is -2.35. The monoisotopic (exact) mass is 455 g/mol. The van der Waals surface area contributed by atoms with Crippen molar-refractivity contribution < 1.29 is 9.53 Å². The maximum Gasteiger partial charge on any atom is 0.324 e. The number of anilines is 1. The van der Waals surface area contributed by atoms with Crippen LogP contribution in [0.15, 0.2) is 42.7 Å². The molecule has 3 heterocycles. The second kappa shape index (κ2) is 10.6. The average Bonchev–Trinajstić information content (AvgIpc) is 3.11. The lowest BCUT2D eigenvalue weighted by molar-refractivity contribution is 0.133. The Morgan fingerprint density at radius 2 is 2.21 bits per heavy atom. The number of hydrogen-bond acceptors (Lipinski definition) is 6. The molecule has 156 valence electrons. The second-order valence-electron chi connectivity index (χ2n) is 6.42. The molecule has 0 saturated carbocycles. The maximum absolute atomic E-state index is 12.8. The molecule has 0 spiro atoms. The van der Waals surface area contributed by atoms with Gasteiger partial charge in [-0.3, -0.25) is 10.3 Å². The zero-order valence-corrected chi connectivity index (χ0v) is 18.3. The summed E-state index contributed by atoms with van der Waals surface area (Å²) in [5.74, 6) is 0.699. The number of pyridine rings is 1. The number of urea groups is 1. The molecule has 1 aliphatic rings. The number of aromatic nitrogens is 2. The molecule has 7 nitrogen and oxygen atoms in total. The van der Waals surface area contributed by atoms with Gasteiger partial charge in [0.1, 0.15) is 12.4 Å². The van der Waals surface area contributed by atoms with Crippen molar-refractivity contribution in [3.8, 4) is 5.75 Å². The van der Waals surface area contributed by atoms with Gasteiger partial charge in [0.2, 0.25) is 0 Å². The number of halogens is 2. The fraction of sp³-hybridized carbons (Fsp3) is 0.316. The van der Waals surface area contributed by atoms with E-state index in [1.54, 1.807) is 12.4 Å². The third-order valence-electron chi connectivity index (χ3n) is 4.52. The number of nitrogens with zero attached hydrogens (tertiary/aromatic N) is 3. The summed E-state index contributed by atoms with van der Waals surface area (Å²) in [6.07, 6.45) is 3.37. The number of nitrogens with one attached hydrogen (secondary N) is 2. The van der Waals surface area contributed by atoms with Gasteiger partial charge in [-0.05, 0) is 30.7 Å². The largest absolute Gasteiger partial charge is 0.490 e. The Balaban J connectivity index is 0.00000150. The fourth-order valence-corrected chi connectivity index (χ4v) is 4.04. The van der Waals surface area contributed by atoms with Crippen LogP contribution in [0.25, 0.3) is 10.2 Å². The van der Waals surface area contributed by atoms with Gasteiger partial charge < -0.3 is 15.0 Å². The number of carbonyl (C=O) groups is 1. The molecule has 1 saturated heterocycles. The smallest absolute Gasteiger partial charge is 0.324 e. The average molecular weight is 456 g/mol. The lowest BCUT2D eigenvalue weighted by atomic mass is 10.2. The molecule has 0 aliphatic carbocycles. The first kappa shape index (κ1) is 23.2. The zero-order valence-electron chi connectivity index (χ0n) is 15.8. The first-order valence-corrected chi connectivity index (χ1v) is 9.69. The Labute approximate surface area is 185 Å². The highest BCUT2D eigenvalue weighted by atomic mass is 35.5. The van der Waals surface area contributed by atoms with Gasteiger partial charge >= 0.3 is 6.03 Å². The first-order chi connectivity index (χ1) is 13.2. The topological polar surface area (TPSA) is 79.4 Å². The van der Waals surface area contributed by atoms with Crippen molar-refractivity contribution in [1.29, 1.82) is 0 Å². The number of fused-ring (bicyclic) bond motifs is 1. The van der Waals surface area contributed by atoms with Gasteiger partial charge in [0.25, 0.3) is 0 Å². The number of aryl methyl sites for hydroxylation is 1. The Morgan fingerprint density at radius 1 is 1.34 bits per heavy atom. The van der Waals surface area contributed by atoms with Crippen LogP contribution in [0.1, 0.15) is 5.56 Å². The van der Waals surface area contributed by atoms with Gasteiger partial charge in [0.15, 0.2) is 5.13 Å². The molecule has 3 aromatic rings. The Kier molecular flexibility index (Phi) is 8.45. The molecule has 10 heteroatoms. The number of thiazole rings is 1. The molecule has 2 amide bonds. The van der Waals surface area contributed by atoms with Crippen molar-refractivity contribution in [2.45, 2.75) is 13.0 Å². The molecule has 0 bridgehead atoms. The molecular weight excluding hydrogens is 433 g/mol.